The van der Waals surface area contributed by atoms with Crippen molar-refractivity contribution in [1.29, 1.82) is 0 Å². The highest BCUT2D eigenvalue weighted by Gasteiger charge is 2.28. The summed E-state index contributed by atoms with van der Waals surface area (Å²) in [5, 5.41) is 4.21. The number of hydrogen-bond donors (Lipinski definition) is 0. The Morgan fingerprint density at radius 2 is 1.92 bits per heavy atom. The number of rotatable bonds is 3. The van der Waals surface area contributed by atoms with Gasteiger partial charge in [0.15, 0.2) is 0 Å². The Hall–Kier alpha value is -2.67. The summed E-state index contributed by atoms with van der Waals surface area (Å²) in [5.41, 5.74) is 1.85. The summed E-state index contributed by atoms with van der Waals surface area (Å²) >= 11 is 0. The van der Waals surface area contributed by atoms with Crippen molar-refractivity contribution in [3.63, 3.8) is 0 Å². The molecule has 4 rings (SSSR count). The number of benzene rings is 1. The summed E-state index contributed by atoms with van der Waals surface area (Å²) in [5.74, 6) is 0.624. The Balaban J connectivity index is 1.68. The number of nitrogens with zero attached hydrogens (tertiary/aromatic N) is 5. The van der Waals surface area contributed by atoms with Crippen LogP contribution in [0.25, 0.3) is 5.84 Å². The minimum absolute atomic E-state index is 0.0821. The molecule has 0 N–H and O–H groups in total. The molecule has 3 heterocycles. The first-order valence-electron chi connectivity index (χ1n) is 8.05. The lowest BCUT2D eigenvalue weighted by molar-refractivity contribution is 0.0633. The number of oxazole rings is 1. The van der Waals surface area contributed by atoms with Gasteiger partial charge in [-0.3, -0.25) is 4.79 Å². The molecule has 2 aromatic heterocycles. The highest BCUT2D eigenvalue weighted by Crippen LogP contribution is 2.20. The molecular formula is C17H19N5O2. The minimum Gasteiger partial charge on any atom is -0.416 e. The van der Waals surface area contributed by atoms with Gasteiger partial charge in [-0.05, 0) is 12.6 Å². The lowest BCUT2D eigenvalue weighted by Crippen LogP contribution is -2.47. The molecule has 7 nitrogen and oxygen atoms in total. The Kier molecular flexibility index (Phi) is 3.78. The van der Waals surface area contributed by atoms with E-state index in [-0.39, 0.29) is 5.91 Å². The number of hydrogen-bond acceptors (Lipinski definition) is 5. The highest BCUT2D eigenvalue weighted by atomic mass is 16.4. The van der Waals surface area contributed by atoms with Gasteiger partial charge in [-0.2, -0.15) is 14.6 Å². The van der Waals surface area contributed by atoms with E-state index in [2.05, 4.69) is 22.0 Å². The third-order valence-electron chi connectivity index (χ3n) is 4.43. The molecule has 0 unspecified atom stereocenters. The standard InChI is InChI=1S/C17H19N5O2/c1-20-7-9-21(10-8-20)16(23)15-14(11-13-5-3-2-4-6-13)22-17(24-15)18-12-19-22/h2-6,12H,7-11H2,1H3. The maximum absolute atomic E-state index is 12.9. The van der Waals surface area contributed by atoms with Crippen LogP contribution in [0.2, 0.25) is 0 Å². The van der Waals surface area contributed by atoms with Crippen LogP contribution in [-0.4, -0.2) is 63.5 Å². The number of aromatic nitrogens is 3. The van der Waals surface area contributed by atoms with Crippen LogP contribution in [0.1, 0.15) is 21.8 Å². The molecule has 0 aliphatic carbocycles. The van der Waals surface area contributed by atoms with Crippen molar-refractivity contribution in [1.82, 2.24) is 24.4 Å². The highest BCUT2D eigenvalue weighted by molar-refractivity contribution is 5.93. The number of carbonyl (C=O) groups is 1. The largest absolute Gasteiger partial charge is 0.416 e. The average molecular weight is 325 g/mol. The van der Waals surface area contributed by atoms with Crippen molar-refractivity contribution >= 4 is 11.8 Å². The molecule has 7 heteroatoms. The number of fused-ring (bicyclic) bond motifs is 1. The molecule has 0 radical (unpaired) electrons. The van der Waals surface area contributed by atoms with Gasteiger partial charge in [0.05, 0.1) is 0 Å². The van der Waals surface area contributed by atoms with Gasteiger partial charge in [-0.15, -0.1) is 0 Å². The van der Waals surface area contributed by atoms with Crippen LogP contribution in [0.4, 0.5) is 0 Å². The number of likely N-dealkylation sites (N-methyl/N-ethyl adjacent to an activating group) is 1. The zero-order valence-electron chi connectivity index (χ0n) is 13.6. The minimum atomic E-state index is -0.0821. The second-order valence-corrected chi connectivity index (χ2v) is 6.09. The first-order chi connectivity index (χ1) is 11.7. The second-order valence-electron chi connectivity index (χ2n) is 6.09. The smallest absolute Gasteiger partial charge is 0.325 e. The van der Waals surface area contributed by atoms with Gasteiger partial charge in [-0.1, -0.05) is 30.3 Å². The predicted octanol–water partition coefficient (Wildman–Crippen LogP) is 1.30. The molecule has 1 aromatic carbocycles. The van der Waals surface area contributed by atoms with E-state index in [0.29, 0.717) is 31.1 Å². The molecule has 1 aliphatic heterocycles. The molecule has 0 spiro atoms. The van der Waals surface area contributed by atoms with E-state index in [4.69, 9.17) is 4.42 Å². The van der Waals surface area contributed by atoms with E-state index >= 15 is 0 Å². The van der Waals surface area contributed by atoms with Gasteiger partial charge in [0.1, 0.15) is 12.0 Å². The number of carbonyl (C=O) groups excluding carboxylic acids is 1. The van der Waals surface area contributed by atoms with Crippen LogP contribution in [0, 0.1) is 0 Å². The number of piperazine rings is 1. The molecular weight excluding hydrogens is 306 g/mol. The lowest BCUT2D eigenvalue weighted by atomic mass is 10.1. The molecule has 124 valence electrons. The van der Waals surface area contributed by atoms with Gasteiger partial charge in [-0.25, -0.2) is 0 Å². The summed E-state index contributed by atoms with van der Waals surface area (Å²) in [6, 6.07) is 9.99. The van der Waals surface area contributed by atoms with Crippen molar-refractivity contribution in [2.24, 2.45) is 0 Å². The predicted molar refractivity (Wildman–Crippen MR) is 87.9 cm³/mol. The van der Waals surface area contributed by atoms with E-state index in [0.717, 1.165) is 24.3 Å². The first-order valence-corrected chi connectivity index (χ1v) is 8.05. The zero-order valence-corrected chi connectivity index (χ0v) is 13.6. The second kappa shape index (κ2) is 6.09. The topological polar surface area (TPSA) is 66.9 Å². The number of amides is 1. The maximum Gasteiger partial charge on any atom is 0.325 e. The lowest BCUT2D eigenvalue weighted by Gasteiger charge is -2.31. The average Bonchev–Trinajstić information content (AvgIpc) is 3.19. The van der Waals surface area contributed by atoms with Gasteiger partial charge in [0, 0.05) is 32.6 Å². The summed E-state index contributed by atoms with van der Waals surface area (Å²) in [4.78, 5) is 21.1. The molecule has 3 aromatic rings. The monoisotopic (exact) mass is 325 g/mol. The summed E-state index contributed by atoms with van der Waals surface area (Å²) in [6.07, 6.45) is 2.02. The first kappa shape index (κ1) is 14.9. The van der Waals surface area contributed by atoms with Crippen molar-refractivity contribution in [2.45, 2.75) is 6.42 Å². The third kappa shape index (κ3) is 2.67. The van der Waals surface area contributed by atoms with Crippen LogP contribution in [0.3, 0.4) is 0 Å². The summed E-state index contributed by atoms with van der Waals surface area (Å²) < 4.78 is 7.36. The fourth-order valence-corrected chi connectivity index (χ4v) is 3.00. The zero-order chi connectivity index (χ0) is 16.5. The maximum atomic E-state index is 12.9. The van der Waals surface area contributed by atoms with Crippen molar-refractivity contribution < 1.29 is 9.21 Å². The Morgan fingerprint density at radius 3 is 2.67 bits per heavy atom. The van der Waals surface area contributed by atoms with E-state index in [1.165, 1.54) is 6.33 Å². The molecule has 0 saturated carbocycles. The van der Waals surface area contributed by atoms with Crippen LogP contribution in [-0.2, 0) is 6.42 Å². The van der Waals surface area contributed by atoms with Crippen LogP contribution < -0.4 is 0 Å². The van der Waals surface area contributed by atoms with Crippen molar-refractivity contribution in [3.05, 3.63) is 53.7 Å². The fourth-order valence-electron chi connectivity index (χ4n) is 3.00. The summed E-state index contributed by atoms with van der Waals surface area (Å²) in [7, 11) is 2.06. The fraction of sp³-hybridized carbons (Fsp3) is 0.353. The molecule has 1 amide bonds. The molecule has 1 aliphatic rings. The SMILES string of the molecule is CN1CCN(C(=O)c2oc3ncnn3c2Cc2ccccc2)CC1. The van der Waals surface area contributed by atoms with Gasteiger partial charge >= 0.3 is 5.84 Å². The normalized spacial score (nSPS) is 16.0. The third-order valence-corrected chi connectivity index (χ3v) is 4.43. The Labute approximate surface area is 139 Å². The van der Waals surface area contributed by atoms with Crippen molar-refractivity contribution in [2.75, 3.05) is 33.2 Å². The Morgan fingerprint density at radius 1 is 1.17 bits per heavy atom. The molecule has 1 fully saturated rings. The molecule has 1 saturated heterocycles. The molecule has 0 atom stereocenters. The van der Waals surface area contributed by atoms with E-state index in [1.54, 1.807) is 4.52 Å². The van der Waals surface area contributed by atoms with Crippen LogP contribution in [0.5, 0.6) is 0 Å². The molecule has 24 heavy (non-hydrogen) atoms. The molecule has 0 bridgehead atoms. The Bertz CT molecular complexity index is 846. The van der Waals surface area contributed by atoms with Crippen LogP contribution >= 0.6 is 0 Å². The van der Waals surface area contributed by atoms with E-state index < -0.39 is 0 Å². The van der Waals surface area contributed by atoms with Gasteiger partial charge in [0.25, 0.3) is 5.91 Å². The van der Waals surface area contributed by atoms with Gasteiger partial charge < -0.3 is 14.2 Å². The summed E-state index contributed by atoms with van der Waals surface area (Å²) in [6.45, 7) is 3.15. The van der Waals surface area contributed by atoms with Crippen LogP contribution in [0.15, 0.2) is 41.1 Å². The van der Waals surface area contributed by atoms with Gasteiger partial charge in [0.2, 0.25) is 5.76 Å². The van der Waals surface area contributed by atoms with E-state index in [1.807, 2.05) is 35.2 Å². The quantitative estimate of drug-likeness (QED) is 0.726. The van der Waals surface area contributed by atoms with E-state index in [9.17, 15) is 4.79 Å². The van der Waals surface area contributed by atoms with Crippen molar-refractivity contribution in [3.8, 4) is 0 Å².